The van der Waals surface area contributed by atoms with E-state index in [9.17, 15) is 0 Å². The number of para-hydroxylation sites is 1. The van der Waals surface area contributed by atoms with E-state index in [2.05, 4.69) is 158 Å². The Morgan fingerprint density at radius 2 is 0.787 bits per heavy atom. The van der Waals surface area contributed by atoms with Gasteiger partial charge in [-0.1, -0.05) is 133 Å². The SMILES string of the molecule is c1ccc2cc(-c3cccc4c(-c5ccc6c(c5)oc5ccccc56)c5cccc(-c6ccc7ccccc7c6)c5cc34)ccc2c1. The highest BCUT2D eigenvalue weighted by molar-refractivity contribution is 6.20. The topological polar surface area (TPSA) is 13.1 Å². The molecule has 0 N–H and O–H groups in total. The number of rotatable bonds is 3. The molecule has 0 atom stereocenters. The van der Waals surface area contributed by atoms with Gasteiger partial charge in [-0.3, -0.25) is 0 Å². The van der Waals surface area contributed by atoms with Crippen LogP contribution in [-0.4, -0.2) is 0 Å². The van der Waals surface area contributed by atoms with Gasteiger partial charge in [0.05, 0.1) is 0 Å². The predicted molar refractivity (Wildman–Crippen MR) is 200 cm³/mol. The molecule has 0 fully saturated rings. The van der Waals surface area contributed by atoms with Crippen molar-refractivity contribution in [3.8, 4) is 33.4 Å². The first-order chi connectivity index (χ1) is 23.3. The maximum absolute atomic E-state index is 6.41. The number of benzene rings is 9. The molecule has 1 aromatic heterocycles. The Labute approximate surface area is 271 Å². The van der Waals surface area contributed by atoms with Crippen LogP contribution in [0.15, 0.2) is 174 Å². The van der Waals surface area contributed by atoms with E-state index in [1.54, 1.807) is 0 Å². The highest BCUT2D eigenvalue weighted by Crippen LogP contribution is 2.44. The Morgan fingerprint density at radius 1 is 0.277 bits per heavy atom. The molecule has 47 heavy (non-hydrogen) atoms. The van der Waals surface area contributed by atoms with Gasteiger partial charge < -0.3 is 4.42 Å². The number of furan rings is 1. The van der Waals surface area contributed by atoms with Crippen molar-refractivity contribution >= 4 is 65.0 Å². The number of hydrogen-bond donors (Lipinski definition) is 0. The van der Waals surface area contributed by atoms with Crippen LogP contribution in [0.2, 0.25) is 0 Å². The molecule has 0 aliphatic rings. The third-order valence-electron chi connectivity index (χ3n) is 9.83. The van der Waals surface area contributed by atoms with Crippen LogP contribution in [-0.2, 0) is 0 Å². The van der Waals surface area contributed by atoms with Crippen molar-refractivity contribution in [2.45, 2.75) is 0 Å². The lowest BCUT2D eigenvalue weighted by atomic mass is 9.86. The van der Waals surface area contributed by atoms with Gasteiger partial charge in [0.25, 0.3) is 0 Å². The zero-order valence-corrected chi connectivity index (χ0v) is 25.6. The molecule has 0 saturated carbocycles. The summed E-state index contributed by atoms with van der Waals surface area (Å²) in [5.74, 6) is 0. The summed E-state index contributed by atoms with van der Waals surface area (Å²) in [5, 5.41) is 12.2. The van der Waals surface area contributed by atoms with Crippen LogP contribution < -0.4 is 0 Å². The van der Waals surface area contributed by atoms with Gasteiger partial charge in [0.15, 0.2) is 0 Å². The van der Waals surface area contributed by atoms with Crippen LogP contribution >= 0.6 is 0 Å². The fourth-order valence-electron chi connectivity index (χ4n) is 7.58. The van der Waals surface area contributed by atoms with E-state index >= 15 is 0 Å². The van der Waals surface area contributed by atoms with E-state index in [-0.39, 0.29) is 0 Å². The van der Waals surface area contributed by atoms with Crippen LogP contribution in [0.3, 0.4) is 0 Å². The van der Waals surface area contributed by atoms with Crippen molar-refractivity contribution < 1.29 is 4.42 Å². The molecular weight excluding hydrogens is 569 g/mol. The highest BCUT2D eigenvalue weighted by atomic mass is 16.3. The van der Waals surface area contributed by atoms with E-state index in [0.29, 0.717) is 0 Å². The summed E-state index contributed by atoms with van der Waals surface area (Å²) in [6, 6.07) is 61.8. The second-order valence-corrected chi connectivity index (χ2v) is 12.5. The lowest BCUT2D eigenvalue weighted by Gasteiger charge is -2.18. The Balaban J connectivity index is 1.30. The molecule has 10 aromatic rings. The summed E-state index contributed by atoms with van der Waals surface area (Å²) >= 11 is 0. The molecule has 0 spiro atoms. The molecule has 9 aromatic carbocycles. The van der Waals surface area contributed by atoms with E-state index in [0.717, 1.165) is 27.5 Å². The molecule has 0 saturated heterocycles. The van der Waals surface area contributed by atoms with Crippen molar-refractivity contribution in [3.05, 3.63) is 170 Å². The van der Waals surface area contributed by atoms with Crippen LogP contribution in [0.1, 0.15) is 0 Å². The van der Waals surface area contributed by atoms with Gasteiger partial charge in [-0.25, -0.2) is 0 Å². The number of hydrogen-bond acceptors (Lipinski definition) is 1. The van der Waals surface area contributed by atoms with Gasteiger partial charge in [-0.05, 0) is 113 Å². The summed E-state index contributed by atoms with van der Waals surface area (Å²) in [4.78, 5) is 0. The Bertz CT molecular complexity index is 2710. The standard InChI is InChI=1S/C46H28O/c1-3-11-31-25-33(21-19-29(31)9-1)36-14-7-16-40-42(36)28-43-37(34-22-20-30-10-2-4-12-32(30)26-34)15-8-17-41(43)46(40)35-23-24-39-38-13-5-6-18-44(38)47-45(39)27-35/h1-28H. The quantitative estimate of drug-likeness (QED) is 0.185. The van der Waals surface area contributed by atoms with Crippen LogP contribution in [0.25, 0.3) is 98.4 Å². The third kappa shape index (κ3) is 4.10. The molecule has 0 bridgehead atoms. The van der Waals surface area contributed by atoms with E-state index in [1.165, 1.54) is 70.9 Å². The summed E-state index contributed by atoms with van der Waals surface area (Å²) in [7, 11) is 0. The van der Waals surface area contributed by atoms with Crippen LogP contribution in [0.5, 0.6) is 0 Å². The largest absolute Gasteiger partial charge is 0.456 e. The van der Waals surface area contributed by atoms with Crippen molar-refractivity contribution in [1.29, 1.82) is 0 Å². The van der Waals surface area contributed by atoms with E-state index < -0.39 is 0 Å². The van der Waals surface area contributed by atoms with Gasteiger partial charge in [0.2, 0.25) is 0 Å². The van der Waals surface area contributed by atoms with E-state index in [1.807, 2.05) is 12.1 Å². The third-order valence-corrected chi connectivity index (χ3v) is 9.83. The molecule has 0 radical (unpaired) electrons. The lowest BCUT2D eigenvalue weighted by molar-refractivity contribution is 0.669. The normalized spacial score (nSPS) is 11.8. The smallest absolute Gasteiger partial charge is 0.136 e. The molecule has 0 unspecified atom stereocenters. The second-order valence-electron chi connectivity index (χ2n) is 12.5. The maximum Gasteiger partial charge on any atom is 0.136 e. The molecule has 0 amide bonds. The molecule has 1 nitrogen and oxygen atoms in total. The summed E-state index contributed by atoms with van der Waals surface area (Å²) in [5.41, 5.74) is 9.10. The molecule has 0 aliphatic carbocycles. The minimum atomic E-state index is 0.908. The zero-order valence-electron chi connectivity index (χ0n) is 25.6. The van der Waals surface area contributed by atoms with Gasteiger partial charge >= 0.3 is 0 Å². The van der Waals surface area contributed by atoms with E-state index in [4.69, 9.17) is 4.42 Å². The first-order valence-electron chi connectivity index (χ1n) is 16.2. The Kier molecular flexibility index (Phi) is 5.64. The minimum absolute atomic E-state index is 0.908. The van der Waals surface area contributed by atoms with Crippen molar-refractivity contribution in [3.63, 3.8) is 0 Å². The summed E-state index contributed by atoms with van der Waals surface area (Å²) in [6.07, 6.45) is 0. The molecule has 218 valence electrons. The van der Waals surface area contributed by atoms with Gasteiger partial charge in [0.1, 0.15) is 11.2 Å². The van der Waals surface area contributed by atoms with Gasteiger partial charge in [0, 0.05) is 10.8 Å². The van der Waals surface area contributed by atoms with Crippen molar-refractivity contribution in [2.24, 2.45) is 0 Å². The highest BCUT2D eigenvalue weighted by Gasteiger charge is 2.18. The Morgan fingerprint density at radius 3 is 1.43 bits per heavy atom. The molecular formula is C46H28O. The summed E-state index contributed by atoms with van der Waals surface area (Å²) < 4.78 is 6.41. The zero-order chi connectivity index (χ0) is 30.9. The average Bonchev–Trinajstić information content (AvgIpc) is 3.51. The van der Waals surface area contributed by atoms with Crippen LogP contribution in [0, 0.1) is 0 Å². The first-order valence-corrected chi connectivity index (χ1v) is 16.2. The van der Waals surface area contributed by atoms with Gasteiger partial charge in [-0.2, -0.15) is 0 Å². The first kappa shape index (κ1) is 26.1. The van der Waals surface area contributed by atoms with Crippen LogP contribution in [0.4, 0.5) is 0 Å². The summed E-state index contributed by atoms with van der Waals surface area (Å²) in [6.45, 7) is 0. The molecule has 1 heterocycles. The predicted octanol–water partition coefficient (Wildman–Crippen LogP) is 13.2. The second kappa shape index (κ2) is 10.2. The lowest BCUT2D eigenvalue weighted by Crippen LogP contribution is -1.91. The van der Waals surface area contributed by atoms with Crippen molar-refractivity contribution in [2.75, 3.05) is 0 Å². The fourth-order valence-corrected chi connectivity index (χ4v) is 7.58. The monoisotopic (exact) mass is 596 g/mol. The fraction of sp³-hybridized carbons (Fsp3) is 0. The van der Waals surface area contributed by atoms with Crippen molar-refractivity contribution in [1.82, 2.24) is 0 Å². The maximum atomic E-state index is 6.41. The molecule has 10 rings (SSSR count). The van der Waals surface area contributed by atoms with Gasteiger partial charge in [-0.15, -0.1) is 0 Å². The minimum Gasteiger partial charge on any atom is -0.456 e. The average molecular weight is 597 g/mol. The molecule has 1 heteroatoms. The Hall–Kier alpha value is -6.18. The number of fused-ring (bicyclic) bond motifs is 7. The molecule has 0 aliphatic heterocycles.